The summed E-state index contributed by atoms with van der Waals surface area (Å²) in [6.45, 7) is 2.32. The summed E-state index contributed by atoms with van der Waals surface area (Å²) in [4.78, 5) is 24.7. The van der Waals surface area contributed by atoms with Gasteiger partial charge in [-0.1, -0.05) is 6.92 Å². The first-order valence-corrected chi connectivity index (χ1v) is 5.68. The molecule has 0 saturated heterocycles. The number of aliphatic hydroxyl groups is 1. The Morgan fingerprint density at radius 2 is 2.32 bits per heavy atom. The molecule has 1 aromatic rings. The van der Waals surface area contributed by atoms with E-state index in [0.29, 0.717) is 13.0 Å². The van der Waals surface area contributed by atoms with Gasteiger partial charge in [0.15, 0.2) is 0 Å². The zero-order valence-corrected chi connectivity index (χ0v) is 10.4. The van der Waals surface area contributed by atoms with E-state index in [0.717, 1.165) is 12.3 Å². The van der Waals surface area contributed by atoms with Crippen molar-refractivity contribution < 1.29 is 19.9 Å². The molecule has 8 nitrogen and oxygen atoms in total. The van der Waals surface area contributed by atoms with Gasteiger partial charge in [-0.05, 0) is 12.3 Å². The van der Waals surface area contributed by atoms with Crippen molar-refractivity contribution in [2.45, 2.75) is 13.3 Å². The second-order valence-electron chi connectivity index (χ2n) is 4.15. The molecule has 0 aliphatic rings. The van der Waals surface area contributed by atoms with Gasteiger partial charge in [0.1, 0.15) is 0 Å². The number of pyridine rings is 1. The summed E-state index contributed by atoms with van der Waals surface area (Å²) in [5.74, 6) is -1.12. The molecule has 0 aliphatic carbocycles. The van der Waals surface area contributed by atoms with Crippen LogP contribution >= 0.6 is 0 Å². The zero-order chi connectivity index (χ0) is 14.4. The van der Waals surface area contributed by atoms with E-state index in [1.807, 2.05) is 6.92 Å². The van der Waals surface area contributed by atoms with Gasteiger partial charge in [0, 0.05) is 25.4 Å². The van der Waals surface area contributed by atoms with Gasteiger partial charge in [0.05, 0.1) is 10.5 Å². The van der Waals surface area contributed by atoms with E-state index in [2.05, 4.69) is 10.3 Å². The number of aliphatic hydroxyl groups excluding tert-OH is 1. The number of nitro groups is 1. The Balaban J connectivity index is 2.88. The van der Waals surface area contributed by atoms with E-state index < -0.39 is 10.9 Å². The van der Waals surface area contributed by atoms with Crippen LogP contribution in [0.4, 0.5) is 11.5 Å². The van der Waals surface area contributed by atoms with Crippen LogP contribution < -0.4 is 5.32 Å². The quantitative estimate of drug-likeness (QED) is 0.500. The third kappa shape index (κ3) is 4.18. The van der Waals surface area contributed by atoms with E-state index in [4.69, 9.17) is 10.2 Å². The Hall–Kier alpha value is -2.22. The van der Waals surface area contributed by atoms with Crippen molar-refractivity contribution in [2.24, 2.45) is 5.92 Å². The fourth-order valence-electron chi connectivity index (χ4n) is 1.44. The van der Waals surface area contributed by atoms with Gasteiger partial charge in [0.2, 0.25) is 5.82 Å². The van der Waals surface area contributed by atoms with Crippen molar-refractivity contribution in [3.05, 3.63) is 27.9 Å². The number of aromatic nitrogens is 1. The maximum atomic E-state index is 10.9. The third-order valence-corrected chi connectivity index (χ3v) is 2.55. The summed E-state index contributed by atoms with van der Waals surface area (Å²) in [7, 11) is 0. The topological polar surface area (TPSA) is 126 Å². The normalized spacial score (nSPS) is 11.9. The predicted octanol–water partition coefficient (Wildman–Crippen LogP) is 1.12. The molecule has 1 rings (SSSR count). The molecule has 1 unspecified atom stereocenters. The molecule has 1 aromatic heterocycles. The van der Waals surface area contributed by atoms with Crippen LogP contribution in [-0.4, -0.2) is 39.2 Å². The van der Waals surface area contributed by atoms with Crippen LogP contribution in [-0.2, 0) is 0 Å². The summed E-state index contributed by atoms with van der Waals surface area (Å²) in [5.41, 5.74) is -0.614. The minimum absolute atomic E-state index is 0.0276. The second-order valence-corrected chi connectivity index (χ2v) is 4.15. The number of nitrogens with zero attached hydrogens (tertiary/aromatic N) is 2. The molecule has 3 N–H and O–H groups in total. The van der Waals surface area contributed by atoms with E-state index >= 15 is 0 Å². The second kappa shape index (κ2) is 6.64. The summed E-state index contributed by atoms with van der Waals surface area (Å²) in [5, 5.41) is 31.2. The number of hydrogen-bond acceptors (Lipinski definition) is 6. The fourth-order valence-corrected chi connectivity index (χ4v) is 1.44. The van der Waals surface area contributed by atoms with Gasteiger partial charge in [-0.15, -0.1) is 0 Å². The summed E-state index contributed by atoms with van der Waals surface area (Å²) in [6, 6.07) is 0.967. The number of carbonyl (C=O) groups is 1. The average molecular weight is 269 g/mol. The molecular weight excluding hydrogens is 254 g/mol. The largest absolute Gasteiger partial charge is 0.478 e. The number of rotatable bonds is 7. The highest BCUT2D eigenvalue weighted by atomic mass is 16.6. The van der Waals surface area contributed by atoms with Crippen LogP contribution in [0.15, 0.2) is 12.3 Å². The van der Waals surface area contributed by atoms with Crippen LogP contribution in [0.1, 0.15) is 23.7 Å². The zero-order valence-electron chi connectivity index (χ0n) is 10.4. The van der Waals surface area contributed by atoms with Gasteiger partial charge in [-0.3, -0.25) is 10.1 Å². The third-order valence-electron chi connectivity index (χ3n) is 2.55. The number of hydrogen-bond donors (Lipinski definition) is 3. The van der Waals surface area contributed by atoms with Gasteiger partial charge in [-0.25, -0.2) is 9.78 Å². The number of anilines is 1. The van der Waals surface area contributed by atoms with Crippen molar-refractivity contribution in [3.63, 3.8) is 0 Å². The minimum Gasteiger partial charge on any atom is -0.478 e. The Bertz CT molecular complexity index is 477. The van der Waals surface area contributed by atoms with Crippen molar-refractivity contribution in [1.82, 2.24) is 4.98 Å². The first-order valence-electron chi connectivity index (χ1n) is 5.68. The molecule has 1 atom stereocenters. The monoisotopic (exact) mass is 269 g/mol. The van der Waals surface area contributed by atoms with Crippen LogP contribution in [0, 0.1) is 16.0 Å². The van der Waals surface area contributed by atoms with Crippen molar-refractivity contribution in [1.29, 1.82) is 0 Å². The Labute approximate surface area is 109 Å². The molecule has 0 amide bonds. The number of carboxylic acids is 1. The average Bonchev–Trinajstić information content (AvgIpc) is 2.36. The molecule has 1 heterocycles. The Morgan fingerprint density at radius 1 is 1.63 bits per heavy atom. The number of aromatic carboxylic acids is 1. The highest BCUT2D eigenvalue weighted by Gasteiger charge is 2.19. The maximum Gasteiger partial charge on any atom is 0.337 e. The summed E-state index contributed by atoms with van der Waals surface area (Å²) < 4.78 is 0. The molecule has 0 saturated carbocycles. The molecule has 0 radical (unpaired) electrons. The van der Waals surface area contributed by atoms with E-state index in [-0.39, 0.29) is 29.6 Å². The highest BCUT2D eigenvalue weighted by molar-refractivity contribution is 5.88. The Morgan fingerprint density at radius 3 is 2.84 bits per heavy atom. The first kappa shape index (κ1) is 14.8. The smallest absolute Gasteiger partial charge is 0.337 e. The van der Waals surface area contributed by atoms with Gasteiger partial charge in [0.25, 0.3) is 0 Å². The van der Waals surface area contributed by atoms with Crippen LogP contribution in [0.25, 0.3) is 0 Å². The van der Waals surface area contributed by atoms with E-state index in [1.54, 1.807) is 0 Å². The molecule has 0 bridgehead atoms. The lowest BCUT2D eigenvalue weighted by Crippen LogP contribution is -2.15. The lowest BCUT2D eigenvalue weighted by molar-refractivity contribution is -0.384. The highest BCUT2D eigenvalue weighted by Crippen LogP contribution is 2.23. The summed E-state index contributed by atoms with van der Waals surface area (Å²) in [6.07, 6.45) is 1.63. The lowest BCUT2D eigenvalue weighted by Gasteiger charge is -2.11. The van der Waals surface area contributed by atoms with Gasteiger partial charge in [-0.2, -0.15) is 0 Å². The summed E-state index contributed by atoms with van der Waals surface area (Å²) >= 11 is 0. The van der Waals surface area contributed by atoms with Crippen molar-refractivity contribution >= 4 is 17.5 Å². The number of nitrogens with one attached hydrogen (secondary N) is 1. The minimum atomic E-state index is -1.27. The molecule has 0 fully saturated rings. The predicted molar refractivity (Wildman–Crippen MR) is 67.2 cm³/mol. The molecule has 8 heteroatoms. The molecule has 0 spiro atoms. The molecule has 0 aliphatic heterocycles. The van der Waals surface area contributed by atoms with E-state index in [1.165, 1.54) is 0 Å². The van der Waals surface area contributed by atoms with Gasteiger partial charge < -0.3 is 15.5 Å². The Kier molecular flexibility index (Phi) is 5.19. The molecular formula is C11H15N3O5. The van der Waals surface area contributed by atoms with Gasteiger partial charge >= 0.3 is 11.7 Å². The molecule has 19 heavy (non-hydrogen) atoms. The SMILES string of the molecule is CC(CCO)CNc1ncc(C(=O)O)cc1[N+](=O)[O-]. The van der Waals surface area contributed by atoms with Crippen LogP contribution in [0.3, 0.4) is 0 Å². The molecule has 104 valence electrons. The van der Waals surface area contributed by atoms with Crippen molar-refractivity contribution in [3.8, 4) is 0 Å². The molecule has 0 aromatic carbocycles. The van der Waals surface area contributed by atoms with Crippen LogP contribution in [0.5, 0.6) is 0 Å². The van der Waals surface area contributed by atoms with E-state index in [9.17, 15) is 14.9 Å². The fraction of sp³-hybridized carbons (Fsp3) is 0.455. The lowest BCUT2D eigenvalue weighted by atomic mass is 10.1. The maximum absolute atomic E-state index is 10.9. The van der Waals surface area contributed by atoms with Crippen LogP contribution in [0.2, 0.25) is 0 Å². The number of carboxylic acid groups (broad SMARTS) is 1. The first-order chi connectivity index (χ1) is 8.95. The standard InChI is InChI=1S/C11H15N3O5/c1-7(2-3-15)5-12-10-9(14(18)19)4-8(6-13-10)11(16)17/h4,6-7,15H,2-3,5H2,1H3,(H,12,13)(H,16,17). The van der Waals surface area contributed by atoms with Crippen molar-refractivity contribution in [2.75, 3.05) is 18.5 Å².